The van der Waals surface area contributed by atoms with Crippen molar-refractivity contribution in [2.45, 2.75) is 36.7 Å². The van der Waals surface area contributed by atoms with E-state index in [1.54, 1.807) is 36.4 Å². The molecule has 0 spiro atoms. The fourth-order valence-electron chi connectivity index (χ4n) is 4.06. The molecular weight excluding hydrogens is 545 g/mol. The molecule has 0 radical (unpaired) electrons. The molecule has 0 fully saturated rings. The highest BCUT2D eigenvalue weighted by Gasteiger charge is 2.31. The van der Waals surface area contributed by atoms with Gasteiger partial charge < -0.3 is 10.2 Å². The molecule has 3 aromatic carbocycles. The number of halogens is 2. The summed E-state index contributed by atoms with van der Waals surface area (Å²) in [5.41, 5.74) is 1.42. The fourth-order valence-corrected chi connectivity index (χ4v) is 5.81. The molecule has 0 heterocycles. The standard InChI is InChI=1S/C28H31Cl2N3O4S/c1-31-28(35)26(19-21-11-5-3-6-12-21)33(20-23-24(29)15-9-16-25(23)30)27(34)17-10-18-32(2)38(36,37)22-13-7-4-8-14-22/h3-9,11-16,26H,10,17-20H2,1-2H3,(H,31,35)/t26-/m1/s1. The second-order valence-corrected chi connectivity index (χ2v) is 11.6. The number of likely N-dealkylation sites (N-methyl/N-ethyl adjacent to an activating group) is 1. The maximum atomic E-state index is 13.6. The SMILES string of the molecule is CNC(=O)[C@@H](Cc1ccccc1)N(Cc1c(Cl)cccc1Cl)C(=O)CCCN(C)S(=O)(=O)c1ccccc1. The molecule has 0 unspecified atom stereocenters. The minimum Gasteiger partial charge on any atom is -0.357 e. The van der Waals surface area contributed by atoms with E-state index < -0.39 is 16.1 Å². The second-order valence-electron chi connectivity index (χ2n) is 8.78. The number of sulfonamides is 1. The zero-order chi connectivity index (χ0) is 27.7. The summed E-state index contributed by atoms with van der Waals surface area (Å²) in [5, 5.41) is 3.44. The van der Waals surface area contributed by atoms with Gasteiger partial charge in [-0.15, -0.1) is 0 Å². The van der Waals surface area contributed by atoms with Crippen molar-refractivity contribution >= 4 is 45.0 Å². The van der Waals surface area contributed by atoms with Gasteiger partial charge in [0.05, 0.1) is 4.90 Å². The lowest BCUT2D eigenvalue weighted by atomic mass is 10.0. The van der Waals surface area contributed by atoms with Crippen molar-refractivity contribution < 1.29 is 18.0 Å². The van der Waals surface area contributed by atoms with Crippen LogP contribution >= 0.6 is 23.2 Å². The Morgan fingerprint density at radius 3 is 2.05 bits per heavy atom. The van der Waals surface area contributed by atoms with Gasteiger partial charge in [0.2, 0.25) is 21.8 Å². The van der Waals surface area contributed by atoms with Gasteiger partial charge in [0.1, 0.15) is 6.04 Å². The number of benzene rings is 3. The first-order valence-electron chi connectivity index (χ1n) is 12.1. The molecule has 3 rings (SSSR count). The summed E-state index contributed by atoms with van der Waals surface area (Å²) in [7, 11) is -0.676. The summed E-state index contributed by atoms with van der Waals surface area (Å²) >= 11 is 12.8. The molecule has 0 aliphatic rings. The third-order valence-corrected chi connectivity index (χ3v) is 8.80. The summed E-state index contributed by atoms with van der Waals surface area (Å²) in [5.74, 6) is -0.634. The average molecular weight is 577 g/mol. The van der Waals surface area contributed by atoms with Gasteiger partial charge in [-0.05, 0) is 36.2 Å². The molecule has 0 aliphatic heterocycles. The smallest absolute Gasteiger partial charge is 0.242 e. The van der Waals surface area contributed by atoms with E-state index in [4.69, 9.17) is 23.2 Å². The van der Waals surface area contributed by atoms with Gasteiger partial charge in [-0.1, -0.05) is 77.8 Å². The summed E-state index contributed by atoms with van der Waals surface area (Å²) in [6.45, 7) is 0.160. The van der Waals surface area contributed by atoms with E-state index in [1.165, 1.54) is 35.4 Å². The second kappa shape index (κ2) is 13.8. The Hall–Kier alpha value is -2.91. The number of hydrogen-bond acceptors (Lipinski definition) is 4. The van der Waals surface area contributed by atoms with Gasteiger partial charge >= 0.3 is 0 Å². The van der Waals surface area contributed by atoms with Crippen molar-refractivity contribution in [2.24, 2.45) is 0 Å². The van der Waals surface area contributed by atoms with Crippen LogP contribution in [-0.2, 0) is 32.6 Å². The van der Waals surface area contributed by atoms with E-state index in [1.807, 2.05) is 30.3 Å². The Bertz CT molecular complexity index is 1320. The van der Waals surface area contributed by atoms with E-state index in [0.717, 1.165) is 5.56 Å². The van der Waals surface area contributed by atoms with Crippen LogP contribution in [0.2, 0.25) is 10.0 Å². The summed E-state index contributed by atoms with van der Waals surface area (Å²) in [4.78, 5) is 28.3. The molecule has 2 amide bonds. The Balaban J connectivity index is 1.83. The summed E-state index contributed by atoms with van der Waals surface area (Å²) in [6, 6.07) is 21.8. The highest BCUT2D eigenvalue weighted by Crippen LogP contribution is 2.27. The predicted octanol–water partition coefficient (Wildman–Crippen LogP) is 4.78. The highest BCUT2D eigenvalue weighted by molar-refractivity contribution is 7.89. The Labute approximate surface area is 234 Å². The van der Waals surface area contributed by atoms with Crippen molar-refractivity contribution in [3.63, 3.8) is 0 Å². The lowest BCUT2D eigenvalue weighted by Gasteiger charge is -2.32. The van der Waals surface area contributed by atoms with Crippen LogP contribution in [0.25, 0.3) is 0 Å². The molecule has 0 aliphatic carbocycles. The molecule has 0 saturated carbocycles. The number of rotatable bonds is 12. The summed E-state index contributed by atoms with van der Waals surface area (Å²) in [6.07, 6.45) is 0.579. The Morgan fingerprint density at radius 2 is 1.47 bits per heavy atom. The third kappa shape index (κ3) is 7.57. The molecule has 38 heavy (non-hydrogen) atoms. The molecule has 0 aromatic heterocycles. The zero-order valence-corrected chi connectivity index (χ0v) is 23.6. The van der Waals surface area contributed by atoms with Crippen LogP contribution in [0.15, 0.2) is 83.8 Å². The predicted molar refractivity (Wildman–Crippen MR) is 151 cm³/mol. The lowest BCUT2D eigenvalue weighted by Crippen LogP contribution is -2.49. The van der Waals surface area contributed by atoms with Crippen molar-refractivity contribution in [1.82, 2.24) is 14.5 Å². The van der Waals surface area contributed by atoms with E-state index in [9.17, 15) is 18.0 Å². The fraction of sp³-hybridized carbons (Fsp3) is 0.286. The molecule has 0 bridgehead atoms. The van der Waals surface area contributed by atoms with E-state index in [-0.39, 0.29) is 49.1 Å². The largest absolute Gasteiger partial charge is 0.357 e. The first-order valence-corrected chi connectivity index (χ1v) is 14.3. The first kappa shape index (κ1) is 29.6. The number of carbonyl (C=O) groups is 2. The van der Waals surface area contributed by atoms with Gasteiger partial charge in [0.25, 0.3) is 0 Å². The Kier molecular flexibility index (Phi) is 10.7. The number of nitrogens with zero attached hydrogens (tertiary/aromatic N) is 2. The number of amides is 2. The van der Waals surface area contributed by atoms with Crippen molar-refractivity contribution in [1.29, 1.82) is 0 Å². The number of carbonyl (C=O) groups excluding carboxylic acids is 2. The molecule has 202 valence electrons. The Morgan fingerprint density at radius 1 is 0.895 bits per heavy atom. The maximum Gasteiger partial charge on any atom is 0.242 e. The normalized spacial score (nSPS) is 12.2. The topological polar surface area (TPSA) is 86.8 Å². The van der Waals surface area contributed by atoms with Crippen LogP contribution in [0.1, 0.15) is 24.0 Å². The van der Waals surface area contributed by atoms with Gasteiger partial charge in [0.15, 0.2) is 0 Å². The minimum atomic E-state index is -3.68. The summed E-state index contributed by atoms with van der Waals surface area (Å²) < 4.78 is 26.9. The average Bonchev–Trinajstić information content (AvgIpc) is 2.92. The van der Waals surface area contributed by atoms with Crippen molar-refractivity contribution in [3.05, 3.63) is 100 Å². The number of nitrogens with one attached hydrogen (secondary N) is 1. The van der Waals surface area contributed by atoms with Crippen molar-refractivity contribution in [2.75, 3.05) is 20.6 Å². The van der Waals surface area contributed by atoms with Gasteiger partial charge in [-0.2, -0.15) is 0 Å². The molecule has 3 aromatic rings. The first-order chi connectivity index (χ1) is 18.1. The van der Waals surface area contributed by atoms with Crippen LogP contribution in [-0.4, -0.2) is 56.1 Å². The highest BCUT2D eigenvalue weighted by atomic mass is 35.5. The van der Waals surface area contributed by atoms with Crippen molar-refractivity contribution in [3.8, 4) is 0 Å². The quantitative estimate of drug-likeness (QED) is 0.336. The number of hydrogen-bond donors (Lipinski definition) is 1. The van der Waals surface area contributed by atoms with Gasteiger partial charge in [-0.25, -0.2) is 12.7 Å². The van der Waals surface area contributed by atoms with Crippen LogP contribution in [0, 0.1) is 0 Å². The maximum absolute atomic E-state index is 13.6. The van der Waals surface area contributed by atoms with Gasteiger partial charge in [0, 0.05) is 55.6 Å². The van der Waals surface area contributed by atoms with E-state index in [2.05, 4.69) is 5.32 Å². The lowest BCUT2D eigenvalue weighted by molar-refractivity contribution is -0.141. The molecular formula is C28H31Cl2N3O4S. The molecule has 7 nitrogen and oxygen atoms in total. The van der Waals surface area contributed by atoms with Crippen LogP contribution in [0.4, 0.5) is 0 Å². The minimum absolute atomic E-state index is 0.0268. The van der Waals surface area contributed by atoms with Crippen LogP contribution in [0.5, 0.6) is 0 Å². The zero-order valence-electron chi connectivity index (χ0n) is 21.3. The monoisotopic (exact) mass is 575 g/mol. The molecule has 0 saturated heterocycles. The van der Waals surface area contributed by atoms with Crippen LogP contribution in [0.3, 0.4) is 0 Å². The molecule has 10 heteroatoms. The molecule has 1 atom stereocenters. The van der Waals surface area contributed by atoms with E-state index >= 15 is 0 Å². The van der Waals surface area contributed by atoms with E-state index in [0.29, 0.717) is 15.6 Å². The van der Waals surface area contributed by atoms with Gasteiger partial charge in [-0.3, -0.25) is 9.59 Å². The third-order valence-electron chi connectivity index (χ3n) is 6.22. The molecule has 1 N–H and O–H groups in total. The van der Waals surface area contributed by atoms with Crippen LogP contribution < -0.4 is 5.32 Å².